The molecule has 0 unspecified atom stereocenters. The van der Waals surface area contributed by atoms with Gasteiger partial charge in [-0.05, 0) is 77.2 Å². The van der Waals surface area contributed by atoms with Crippen molar-refractivity contribution in [3.63, 3.8) is 0 Å². The van der Waals surface area contributed by atoms with Crippen molar-refractivity contribution < 1.29 is 23.9 Å². The van der Waals surface area contributed by atoms with E-state index in [1.54, 1.807) is 54.6 Å². The Morgan fingerprint density at radius 1 is 0.814 bits per heavy atom. The molecule has 0 bridgehead atoms. The summed E-state index contributed by atoms with van der Waals surface area (Å²) in [6.07, 6.45) is 0. The van der Waals surface area contributed by atoms with E-state index in [1.165, 1.54) is 13.2 Å². The van der Waals surface area contributed by atoms with Crippen LogP contribution < -0.4 is 21.1 Å². The molecule has 5 N–H and O–H groups in total. The van der Waals surface area contributed by atoms with Crippen LogP contribution in [0.25, 0.3) is 11.1 Å². The summed E-state index contributed by atoms with van der Waals surface area (Å²) in [5, 5.41) is 13.3. The third-order valence-electron chi connectivity index (χ3n) is 6.59. The molecule has 0 aliphatic heterocycles. The number of hydrogen-bond acceptors (Lipinski definition) is 6. The molecule has 2 amide bonds. The Morgan fingerprint density at radius 2 is 1.47 bits per heavy atom. The second-order valence-corrected chi connectivity index (χ2v) is 10.3. The van der Waals surface area contributed by atoms with Crippen LogP contribution in [-0.4, -0.2) is 37.3 Å². The zero-order valence-corrected chi connectivity index (χ0v) is 24.3. The van der Waals surface area contributed by atoms with Gasteiger partial charge in [0.05, 0.1) is 18.2 Å². The van der Waals surface area contributed by atoms with E-state index >= 15 is 0 Å². The quantitative estimate of drug-likeness (QED) is 0.103. The highest BCUT2D eigenvalue weighted by atomic mass is 16.5. The van der Waals surface area contributed by atoms with Crippen molar-refractivity contribution in [2.45, 2.75) is 20.5 Å². The predicted octanol–water partition coefficient (Wildman–Crippen LogP) is 5.64. The number of nitrogens with two attached hydrogens (primary N) is 1. The second-order valence-electron chi connectivity index (χ2n) is 10.3. The summed E-state index contributed by atoms with van der Waals surface area (Å²) < 4.78 is 11.0. The minimum atomic E-state index is -0.649. The van der Waals surface area contributed by atoms with Gasteiger partial charge in [-0.1, -0.05) is 50.2 Å². The third kappa shape index (κ3) is 7.85. The lowest BCUT2D eigenvalue weighted by molar-refractivity contribution is 0.0601. The van der Waals surface area contributed by atoms with Gasteiger partial charge in [-0.25, -0.2) is 4.79 Å². The lowest BCUT2D eigenvalue weighted by Crippen LogP contribution is -2.27. The monoisotopic (exact) mass is 578 g/mol. The van der Waals surface area contributed by atoms with Crippen LogP contribution in [0.15, 0.2) is 91.0 Å². The van der Waals surface area contributed by atoms with Crippen LogP contribution in [0.2, 0.25) is 0 Å². The molecule has 4 rings (SSSR count). The molecule has 0 atom stereocenters. The standard InChI is InChI=1S/C34H34N4O5/c1-21(2)19-37-32(39)24-11-15-28(30(17-24)34(41)42-3)27-16-14-26(43-20-22-7-5-4-6-8-22)18-29(27)33(40)38-25-12-9-23(10-13-25)31(35)36/h4-18,21H,19-20H2,1-3H3,(H3,35,36)(H,37,39)(H,38,40). The highest BCUT2D eigenvalue weighted by Gasteiger charge is 2.22. The maximum atomic E-state index is 13.7. The molecule has 0 aliphatic carbocycles. The van der Waals surface area contributed by atoms with E-state index in [2.05, 4.69) is 10.6 Å². The van der Waals surface area contributed by atoms with E-state index in [1.807, 2.05) is 44.2 Å². The molecule has 0 saturated carbocycles. The Morgan fingerprint density at radius 3 is 2.12 bits per heavy atom. The number of benzene rings is 4. The van der Waals surface area contributed by atoms with Crippen LogP contribution in [-0.2, 0) is 11.3 Å². The summed E-state index contributed by atoms with van der Waals surface area (Å²) in [6.45, 7) is 4.75. The molecular formula is C34H34N4O5. The third-order valence-corrected chi connectivity index (χ3v) is 6.59. The van der Waals surface area contributed by atoms with Crippen molar-refractivity contribution in [3.05, 3.63) is 119 Å². The number of esters is 1. The summed E-state index contributed by atoms with van der Waals surface area (Å²) in [6, 6.07) is 25.9. The molecule has 0 fully saturated rings. The number of nitrogens with one attached hydrogen (secondary N) is 3. The number of amides is 2. The van der Waals surface area contributed by atoms with Gasteiger partial charge in [0.2, 0.25) is 0 Å². The molecule has 9 heteroatoms. The van der Waals surface area contributed by atoms with Crippen molar-refractivity contribution in [3.8, 4) is 16.9 Å². The molecule has 9 nitrogen and oxygen atoms in total. The summed E-state index contributed by atoms with van der Waals surface area (Å²) in [7, 11) is 1.26. The first-order valence-electron chi connectivity index (χ1n) is 13.7. The van der Waals surface area contributed by atoms with Gasteiger partial charge < -0.3 is 25.8 Å². The highest BCUT2D eigenvalue weighted by molar-refractivity contribution is 6.11. The van der Waals surface area contributed by atoms with Crippen molar-refractivity contribution in [1.29, 1.82) is 5.41 Å². The van der Waals surface area contributed by atoms with Crippen molar-refractivity contribution in [1.82, 2.24) is 5.32 Å². The topological polar surface area (TPSA) is 144 Å². The first kappa shape index (κ1) is 30.5. The maximum Gasteiger partial charge on any atom is 0.338 e. The van der Waals surface area contributed by atoms with E-state index in [4.69, 9.17) is 20.6 Å². The Bertz CT molecular complexity index is 1630. The average Bonchev–Trinajstić information content (AvgIpc) is 3.02. The number of carbonyl (C=O) groups excluding carboxylic acids is 3. The van der Waals surface area contributed by atoms with Crippen LogP contribution in [0.1, 0.15) is 56.0 Å². The van der Waals surface area contributed by atoms with E-state index in [0.717, 1.165) is 5.56 Å². The first-order chi connectivity index (χ1) is 20.7. The lowest BCUT2D eigenvalue weighted by atomic mass is 9.93. The van der Waals surface area contributed by atoms with E-state index in [0.29, 0.717) is 46.8 Å². The SMILES string of the molecule is COC(=O)c1cc(C(=O)NCC(C)C)ccc1-c1ccc(OCc2ccccc2)cc1C(=O)Nc1ccc(C(=N)N)cc1. The normalized spacial score (nSPS) is 10.6. The highest BCUT2D eigenvalue weighted by Crippen LogP contribution is 2.32. The van der Waals surface area contributed by atoms with Crippen molar-refractivity contribution in [2.24, 2.45) is 11.7 Å². The van der Waals surface area contributed by atoms with Crippen molar-refractivity contribution in [2.75, 3.05) is 19.0 Å². The molecule has 4 aromatic carbocycles. The van der Waals surface area contributed by atoms with Gasteiger partial charge in [0.25, 0.3) is 11.8 Å². The van der Waals surface area contributed by atoms with Crippen LogP contribution in [0, 0.1) is 11.3 Å². The number of carbonyl (C=O) groups is 3. The average molecular weight is 579 g/mol. The minimum Gasteiger partial charge on any atom is -0.489 e. The van der Waals surface area contributed by atoms with Crippen LogP contribution in [0.3, 0.4) is 0 Å². The number of hydrogen-bond donors (Lipinski definition) is 4. The number of anilines is 1. The Labute approximate surface area is 250 Å². The van der Waals surface area contributed by atoms with Crippen LogP contribution in [0.5, 0.6) is 5.75 Å². The summed E-state index contributed by atoms with van der Waals surface area (Å²) >= 11 is 0. The van der Waals surface area contributed by atoms with Gasteiger partial charge >= 0.3 is 5.97 Å². The summed E-state index contributed by atoms with van der Waals surface area (Å²) in [4.78, 5) is 39.4. The molecule has 0 aromatic heterocycles. The van der Waals surface area contributed by atoms with Crippen LogP contribution >= 0.6 is 0 Å². The van der Waals surface area contributed by atoms with Gasteiger partial charge in [-0.2, -0.15) is 0 Å². The zero-order chi connectivity index (χ0) is 30.9. The zero-order valence-electron chi connectivity index (χ0n) is 24.3. The van der Waals surface area contributed by atoms with Crippen molar-refractivity contribution >= 4 is 29.3 Å². The summed E-state index contributed by atoms with van der Waals surface area (Å²) in [5.41, 5.74) is 9.06. The fraction of sp³-hybridized carbons (Fsp3) is 0.176. The molecule has 220 valence electrons. The molecule has 0 heterocycles. The van der Waals surface area contributed by atoms with Crippen LogP contribution in [0.4, 0.5) is 5.69 Å². The smallest absolute Gasteiger partial charge is 0.338 e. The first-order valence-corrected chi connectivity index (χ1v) is 13.7. The van der Waals surface area contributed by atoms with Gasteiger partial charge in [0.15, 0.2) is 0 Å². The second kappa shape index (κ2) is 14.0. The number of ether oxygens (including phenoxy) is 2. The van der Waals surface area contributed by atoms with Gasteiger partial charge in [0.1, 0.15) is 18.2 Å². The Kier molecular flexibility index (Phi) is 9.90. The van der Waals surface area contributed by atoms with Gasteiger partial charge in [0, 0.05) is 23.4 Å². The predicted molar refractivity (Wildman–Crippen MR) is 167 cm³/mol. The molecule has 0 saturated heterocycles. The largest absolute Gasteiger partial charge is 0.489 e. The molecule has 0 spiro atoms. The van der Waals surface area contributed by atoms with E-state index in [9.17, 15) is 14.4 Å². The molecular weight excluding hydrogens is 544 g/mol. The Hall–Kier alpha value is -5.44. The molecule has 4 aromatic rings. The number of methoxy groups -OCH3 is 1. The fourth-order valence-electron chi connectivity index (χ4n) is 4.31. The minimum absolute atomic E-state index is 0.0832. The molecule has 0 aliphatic rings. The number of rotatable bonds is 11. The lowest BCUT2D eigenvalue weighted by Gasteiger charge is -2.16. The van der Waals surface area contributed by atoms with E-state index < -0.39 is 11.9 Å². The number of nitrogen functional groups attached to an aromatic ring is 1. The molecule has 0 radical (unpaired) electrons. The van der Waals surface area contributed by atoms with E-state index in [-0.39, 0.29) is 28.8 Å². The maximum absolute atomic E-state index is 13.7. The van der Waals surface area contributed by atoms with Gasteiger partial charge in [-0.3, -0.25) is 15.0 Å². The summed E-state index contributed by atoms with van der Waals surface area (Å²) in [5.74, 6) is -0.795. The Balaban J connectivity index is 1.74. The van der Waals surface area contributed by atoms with Gasteiger partial charge in [-0.15, -0.1) is 0 Å². The number of amidine groups is 1. The fourth-order valence-corrected chi connectivity index (χ4v) is 4.31. The molecule has 43 heavy (non-hydrogen) atoms.